The number of ketones is 1. The van der Waals surface area contributed by atoms with Gasteiger partial charge in [0.1, 0.15) is 48.0 Å². The monoisotopic (exact) mass is 1210 g/mol. The van der Waals surface area contributed by atoms with Gasteiger partial charge >= 0.3 is 6.03 Å². The third-order valence-corrected chi connectivity index (χ3v) is 14.9. The molecule has 0 bridgehead atoms. The van der Waals surface area contributed by atoms with Crippen LogP contribution in [0.15, 0.2) is 72.2 Å². The Kier molecular flexibility index (Phi) is 25.0. The smallest absolute Gasteiger partial charge is 0.318 e. The molecule has 0 spiro atoms. The molecular weight excluding hydrogens is 1120 g/mol. The van der Waals surface area contributed by atoms with E-state index in [0.717, 1.165) is 5.52 Å². The SMILES string of the molecule is CCNC(=O)N1CCC[C@H]1C(=O)[C@H](CCCN=C(N)N)NC(=O)[C@H](CC(C)C)NC(=O)[C@@H](CC(C)C)NC(=O)[C@H](Cc1ccc(O)cc1)NC(=O)[C@H](CO)NC(=O)[C@H](Cc1c[nH]c2ccccc12)NC(=O)[C@H](Cc1cnc[nH]1)NC(=O)[C@@H]1CCC(=O)N1. The number of aromatic nitrogens is 3. The van der Waals surface area contributed by atoms with E-state index in [1.54, 1.807) is 31.3 Å². The number of phenolic OH excluding ortho intramolecular Hbond substituents is 1. The standard InChI is InChI=1S/C59H84N16O12/c1-6-63-59(87)75-22-10-14-48(75)50(79)40(13-9-21-64-58(60)61)68-52(81)42(23-32(2)3)69-53(82)43(24-33(4)5)70-54(83)44(25-34-15-17-37(77)18-16-34)71-57(86)47(30-76)74-55(84)45(26-35-28-65-39-12-8-7-11-38(35)39)72-56(85)46(27-36-29-62-31-66-36)73-51(80)41-19-20-49(78)67-41/h7-8,11-12,15-18,28-29,31-33,40-48,65,76-77H,6,9-10,13-14,19-27,30H2,1-5H3,(H,62,66)(H,63,87)(H,67,78)(H,68,81)(H,69,82)(H,70,83)(H,71,86)(H,72,85)(H,73,80)(H,74,84)(H4,60,61,64)/t40-,41-,42-,43+,44-,45-,46-,47-,48-/m0/s1. The Balaban J connectivity index is 1.22. The number of hydrogen-bond acceptors (Lipinski definition) is 14. The largest absolute Gasteiger partial charge is 0.508 e. The van der Waals surface area contributed by atoms with Gasteiger partial charge in [0, 0.05) is 74.3 Å². The third-order valence-electron chi connectivity index (χ3n) is 14.9. The number of carbonyl (C=O) groups is 10. The van der Waals surface area contributed by atoms with E-state index in [1.165, 1.54) is 41.7 Å². The molecule has 17 N–H and O–H groups in total. The number of rotatable bonds is 32. The lowest BCUT2D eigenvalue weighted by atomic mass is 9.96. The van der Waals surface area contributed by atoms with Crippen molar-refractivity contribution in [1.29, 1.82) is 0 Å². The summed E-state index contributed by atoms with van der Waals surface area (Å²) in [6.45, 7) is 8.87. The number of para-hydroxylation sites is 1. The van der Waals surface area contributed by atoms with Crippen LogP contribution in [0.2, 0.25) is 0 Å². The van der Waals surface area contributed by atoms with Gasteiger partial charge in [-0.15, -0.1) is 0 Å². The summed E-state index contributed by atoms with van der Waals surface area (Å²) in [5.41, 5.74) is 13.3. The predicted molar refractivity (Wildman–Crippen MR) is 320 cm³/mol. The number of phenols is 1. The maximum atomic E-state index is 14.7. The maximum Gasteiger partial charge on any atom is 0.318 e. The number of aliphatic imine (C=N–C) groups is 1. The zero-order valence-corrected chi connectivity index (χ0v) is 49.8. The van der Waals surface area contributed by atoms with E-state index in [0.29, 0.717) is 48.1 Å². The number of H-pyrrole nitrogens is 2. The number of hydrogen-bond donors (Lipinski definition) is 15. The van der Waals surface area contributed by atoms with Gasteiger partial charge in [-0.1, -0.05) is 58.0 Å². The summed E-state index contributed by atoms with van der Waals surface area (Å²) >= 11 is 0. The Bertz CT molecular complexity index is 3050. The van der Waals surface area contributed by atoms with Gasteiger partial charge in [-0.3, -0.25) is 48.1 Å². The molecular formula is C59H84N16O12. The van der Waals surface area contributed by atoms with Gasteiger partial charge in [-0.25, -0.2) is 9.78 Å². The topological polar surface area (TPSA) is 432 Å². The first-order valence-electron chi connectivity index (χ1n) is 29.5. The summed E-state index contributed by atoms with van der Waals surface area (Å²) in [7, 11) is 0. The number of Topliss-reactive ketones (excluding diaryl/α,β-unsaturated/α-hetero) is 1. The quantitative estimate of drug-likeness (QED) is 0.0162. The van der Waals surface area contributed by atoms with Gasteiger partial charge in [0.2, 0.25) is 47.3 Å². The number of urea groups is 1. The average molecular weight is 1210 g/mol. The number of guanidine groups is 1. The number of carbonyl (C=O) groups excluding carboxylic acids is 10. The lowest BCUT2D eigenvalue weighted by molar-refractivity contribution is -0.136. The number of aliphatic hydroxyl groups excluding tert-OH is 1. The van der Waals surface area contributed by atoms with Gasteiger partial charge in [-0.05, 0) is 93.0 Å². The minimum atomic E-state index is -1.75. The zero-order valence-electron chi connectivity index (χ0n) is 49.8. The molecule has 0 aliphatic carbocycles. The summed E-state index contributed by atoms with van der Waals surface area (Å²) in [5, 5.41) is 45.9. The molecule has 472 valence electrons. The molecule has 2 saturated heterocycles. The van der Waals surface area contributed by atoms with E-state index in [-0.39, 0.29) is 93.8 Å². The Morgan fingerprint density at radius 2 is 1.29 bits per heavy atom. The maximum absolute atomic E-state index is 14.7. The van der Waals surface area contributed by atoms with Gasteiger partial charge < -0.3 is 84.4 Å². The molecule has 2 fully saturated rings. The molecule has 2 aromatic heterocycles. The van der Waals surface area contributed by atoms with E-state index in [2.05, 4.69) is 67.8 Å². The number of benzene rings is 2. The zero-order chi connectivity index (χ0) is 63.3. The van der Waals surface area contributed by atoms with Crippen LogP contribution in [0.4, 0.5) is 4.79 Å². The second kappa shape index (κ2) is 32.4. The van der Waals surface area contributed by atoms with Crippen molar-refractivity contribution in [2.75, 3.05) is 26.2 Å². The molecule has 28 nitrogen and oxygen atoms in total. The lowest BCUT2D eigenvalue weighted by Crippen LogP contribution is -2.61. The van der Waals surface area contributed by atoms with Crippen molar-refractivity contribution in [1.82, 2.24) is 67.7 Å². The Labute approximate surface area is 504 Å². The average Bonchev–Trinajstić information content (AvgIpc) is 2.39. The molecule has 6 rings (SSSR count). The highest BCUT2D eigenvalue weighted by Crippen LogP contribution is 2.23. The Hall–Kier alpha value is -9.08. The summed E-state index contributed by atoms with van der Waals surface area (Å²) in [4.78, 5) is 155. The van der Waals surface area contributed by atoms with Gasteiger partial charge in [0.15, 0.2) is 11.7 Å². The van der Waals surface area contributed by atoms with Crippen LogP contribution in [-0.2, 0) is 62.4 Å². The fourth-order valence-corrected chi connectivity index (χ4v) is 10.5. The van der Waals surface area contributed by atoms with Crippen molar-refractivity contribution in [3.63, 3.8) is 0 Å². The minimum absolute atomic E-state index is 0.0408. The molecule has 87 heavy (non-hydrogen) atoms. The van der Waals surface area contributed by atoms with Crippen molar-refractivity contribution >= 4 is 75.9 Å². The second-order valence-electron chi connectivity index (χ2n) is 22.8. The number of fused-ring (bicyclic) bond motifs is 1. The van der Waals surface area contributed by atoms with Crippen LogP contribution in [0.5, 0.6) is 5.75 Å². The molecule has 2 aromatic carbocycles. The molecule has 4 aromatic rings. The predicted octanol–water partition coefficient (Wildman–Crippen LogP) is -0.802. The van der Waals surface area contributed by atoms with Crippen LogP contribution in [0.3, 0.4) is 0 Å². The molecule has 0 unspecified atom stereocenters. The summed E-state index contributed by atoms with van der Waals surface area (Å²) in [5.74, 6) is -7.12. The van der Waals surface area contributed by atoms with E-state index >= 15 is 0 Å². The summed E-state index contributed by atoms with van der Waals surface area (Å²) in [6.07, 6.45) is 5.78. The van der Waals surface area contributed by atoms with Crippen LogP contribution >= 0.6 is 0 Å². The number of likely N-dealkylation sites (tertiary alicyclic amines) is 1. The molecule has 0 radical (unpaired) electrons. The van der Waals surface area contributed by atoms with Crippen LogP contribution in [0.1, 0.15) is 103 Å². The van der Waals surface area contributed by atoms with Gasteiger partial charge in [-0.2, -0.15) is 0 Å². The van der Waals surface area contributed by atoms with Crippen molar-refractivity contribution in [2.24, 2.45) is 28.3 Å². The number of aromatic amines is 2. The van der Waals surface area contributed by atoms with Crippen LogP contribution in [0.25, 0.3) is 10.9 Å². The fraction of sp³-hybridized carbons (Fsp3) is 0.525. The van der Waals surface area contributed by atoms with E-state index < -0.39 is 114 Å². The normalized spacial score (nSPS) is 17.1. The van der Waals surface area contributed by atoms with Crippen LogP contribution < -0.4 is 59.3 Å². The van der Waals surface area contributed by atoms with Gasteiger partial charge in [0.05, 0.1) is 25.0 Å². The minimum Gasteiger partial charge on any atom is -0.508 e. The highest BCUT2D eigenvalue weighted by molar-refractivity contribution is 6.00. The molecule has 28 heteroatoms. The molecule has 2 aliphatic heterocycles. The van der Waals surface area contributed by atoms with Crippen LogP contribution in [-0.4, -0.2) is 176 Å². The second-order valence-corrected chi connectivity index (χ2v) is 22.8. The van der Waals surface area contributed by atoms with E-state index in [9.17, 15) is 58.2 Å². The lowest BCUT2D eigenvalue weighted by Gasteiger charge is -2.30. The first-order valence-corrected chi connectivity index (χ1v) is 29.5. The number of aliphatic hydroxyl groups is 1. The van der Waals surface area contributed by atoms with Crippen LogP contribution in [0, 0.1) is 11.8 Å². The Morgan fingerprint density at radius 3 is 1.86 bits per heavy atom. The van der Waals surface area contributed by atoms with Crippen molar-refractivity contribution in [3.05, 3.63) is 84.1 Å². The Morgan fingerprint density at radius 1 is 0.713 bits per heavy atom. The number of nitrogens with zero attached hydrogens (tertiary/aromatic N) is 3. The van der Waals surface area contributed by atoms with Crippen molar-refractivity contribution < 1.29 is 58.2 Å². The molecule has 4 heterocycles. The van der Waals surface area contributed by atoms with Crippen molar-refractivity contribution in [3.8, 4) is 5.75 Å². The van der Waals surface area contributed by atoms with Crippen molar-refractivity contribution in [2.45, 2.75) is 160 Å². The number of nitrogens with one attached hydrogen (secondary N) is 11. The number of amides is 10. The number of nitrogens with two attached hydrogens (primary N) is 2. The molecule has 0 saturated carbocycles. The highest BCUT2D eigenvalue weighted by atomic mass is 16.3. The first kappa shape index (κ1) is 67.1. The number of imidazole rings is 1. The van der Waals surface area contributed by atoms with E-state index in [4.69, 9.17) is 11.5 Å². The van der Waals surface area contributed by atoms with E-state index in [1.807, 2.05) is 33.8 Å². The summed E-state index contributed by atoms with van der Waals surface area (Å²) < 4.78 is 0. The highest BCUT2D eigenvalue weighted by Gasteiger charge is 2.40. The first-order chi connectivity index (χ1) is 41.5. The third kappa shape index (κ3) is 20.0. The molecule has 10 amide bonds. The summed E-state index contributed by atoms with van der Waals surface area (Å²) in [6, 6.07) is 1.13. The molecule has 9 atom stereocenters. The molecule has 2 aliphatic rings. The fourth-order valence-electron chi connectivity index (χ4n) is 10.5. The van der Waals surface area contributed by atoms with Gasteiger partial charge in [0.25, 0.3) is 0 Å². The number of aromatic hydroxyl groups is 1.